The molecule has 0 saturated heterocycles. The SMILES string of the molecule is CC=C=CCOc1ccc(N[C@H](C(=O)OS(=O)O)C(C)C)cc1. The second-order valence-electron chi connectivity index (χ2n) is 4.98. The minimum absolute atomic E-state index is 0.118. The summed E-state index contributed by atoms with van der Waals surface area (Å²) in [7, 11) is 0. The second kappa shape index (κ2) is 9.84. The van der Waals surface area contributed by atoms with E-state index < -0.39 is 23.4 Å². The summed E-state index contributed by atoms with van der Waals surface area (Å²) in [6.45, 7) is 5.91. The highest BCUT2D eigenvalue weighted by Gasteiger charge is 2.25. The van der Waals surface area contributed by atoms with Crippen LogP contribution in [0.5, 0.6) is 5.75 Å². The minimum Gasteiger partial charge on any atom is -0.489 e. The van der Waals surface area contributed by atoms with Gasteiger partial charge in [-0.2, -0.15) is 4.21 Å². The van der Waals surface area contributed by atoms with Gasteiger partial charge in [-0.1, -0.05) is 13.8 Å². The maximum Gasteiger partial charge on any atom is 0.360 e. The largest absolute Gasteiger partial charge is 0.489 e. The number of benzene rings is 1. The first kappa shape index (κ1) is 19.0. The third kappa shape index (κ3) is 7.15. The molecule has 0 radical (unpaired) electrons. The molecule has 2 atom stereocenters. The van der Waals surface area contributed by atoms with Crippen molar-refractivity contribution in [3.05, 3.63) is 42.1 Å². The highest BCUT2D eigenvalue weighted by molar-refractivity contribution is 7.74. The molecule has 23 heavy (non-hydrogen) atoms. The Labute approximate surface area is 138 Å². The van der Waals surface area contributed by atoms with E-state index >= 15 is 0 Å². The van der Waals surface area contributed by atoms with Crippen molar-refractivity contribution in [2.75, 3.05) is 11.9 Å². The summed E-state index contributed by atoms with van der Waals surface area (Å²) in [5.41, 5.74) is 3.59. The van der Waals surface area contributed by atoms with E-state index in [9.17, 15) is 9.00 Å². The molecule has 0 aromatic heterocycles. The van der Waals surface area contributed by atoms with Crippen molar-refractivity contribution < 1.29 is 22.5 Å². The highest BCUT2D eigenvalue weighted by Crippen LogP contribution is 2.19. The van der Waals surface area contributed by atoms with Crippen LogP contribution < -0.4 is 10.1 Å². The number of hydrogen-bond donors (Lipinski definition) is 2. The molecule has 1 rings (SSSR count). The Morgan fingerprint density at radius 2 is 2.04 bits per heavy atom. The summed E-state index contributed by atoms with van der Waals surface area (Å²) in [6, 6.07) is 6.31. The van der Waals surface area contributed by atoms with E-state index in [4.69, 9.17) is 9.29 Å². The smallest absolute Gasteiger partial charge is 0.360 e. The molecule has 2 N–H and O–H groups in total. The van der Waals surface area contributed by atoms with Crippen molar-refractivity contribution in [1.29, 1.82) is 0 Å². The van der Waals surface area contributed by atoms with Gasteiger partial charge in [-0.25, -0.2) is 4.79 Å². The van der Waals surface area contributed by atoms with Crippen LogP contribution in [0.4, 0.5) is 5.69 Å². The molecule has 1 unspecified atom stereocenters. The first-order valence-electron chi connectivity index (χ1n) is 7.12. The lowest BCUT2D eigenvalue weighted by atomic mass is 10.0. The standard InChI is InChI=1S/C16H21NO5S/c1-4-5-6-11-21-14-9-7-13(8-10-14)17-15(12(2)3)16(18)22-23(19)20/h4,6-10,12,15,17H,11H2,1-3H3,(H,19,20)/t5?,15-/m0/s1. The molecule has 1 aromatic rings. The first-order valence-corrected chi connectivity index (χ1v) is 8.15. The second-order valence-corrected chi connectivity index (χ2v) is 5.58. The van der Waals surface area contributed by atoms with E-state index in [1.165, 1.54) is 0 Å². The fourth-order valence-corrected chi connectivity index (χ4v) is 1.99. The van der Waals surface area contributed by atoms with E-state index in [0.29, 0.717) is 18.0 Å². The zero-order valence-electron chi connectivity index (χ0n) is 13.3. The van der Waals surface area contributed by atoms with Gasteiger partial charge in [0.1, 0.15) is 18.4 Å². The van der Waals surface area contributed by atoms with Crippen molar-refractivity contribution in [3.63, 3.8) is 0 Å². The lowest BCUT2D eigenvalue weighted by molar-refractivity contribution is -0.135. The normalized spacial score (nSPS) is 12.7. The monoisotopic (exact) mass is 339 g/mol. The molecule has 0 aliphatic carbocycles. The Morgan fingerprint density at radius 1 is 1.39 bits per heavy atom. The van der Waals surface area contributed by atoms with Crippen LogP contribution in [0.3, 0.4) is 0 Å². The zero-order valence-corrected chi connectivity index (χ0v) is 14.1. The van der Waals surface area contributed by atoms with E-state index in [1.54, 1.807) is 36.4 Å². The molecule has 0 bridgehead atoms. The Hall–Kier alpha value is -2.08. The Kier molecular flexibility index (Phi) is 8.11. The van der Waals surface area contributed by atoms with Gasteiger partial charge in [0.2, 0.25) is 0 Å². The van der Waals surface area contributed by atoms with Gasteiger partial charge in [0.25, 0.3) is 0 Å². The highest BCUT2D eigenvalue weighted by atomic mass is 32.2. The van der Waals surface area contributed by atoms with Gasteiger partial charge in [-0.05, 0) is 49.3 Å². The van der Waals surface area contributed by atoms with Crippen molar-refractivity contribution in [2.24, 2.45) is 5.92 Å². The van der Waals surface area contributed by atoms with Crippen LogP contribution in [-0.2, 0) is 20.3 Å². The zero-order chi connectivity index (χ0) is 17.2. The van der Waals surface area contributed by atoms with Crippen LogP contribution >= 0.6 is 0 Å². The van der Waals surface area contributed by atoms with E-state index in [2.05, 4.69) is 15.2 Å². The van der Waals surface area contributed by atoms with Crippen molar-refractivity contribution in [2.45, 2.75) is 26.8 Å². The van der Waals surface area contributed by atoms with Crippen LogP contribution in [0.15, 0.2) is 42.1 Å². The third-order valence-electron chi connectivity index (χ3n) is 2.87. The number of nitrogens with one attached hydrogen (secondary N) is 1. The first-order chi connectivity index (χ1) is 10.9. The number of hydrogen-bond acceptors (Lipinski definition) is 5. The average Bonchev–Trinajstić information content (AvgIpc) is 2.49. The van der Waals surface area contributed by atoms with Gasteiger partial charge < -0.3 is 14.2 Å². The Bertz CT molecular complexity index is 591. The summed E-state index contributed by atoms with van der Waals surface area (Å²) in [4.78, 5) is 11.8. The molecular weight excluding hydrogens is 318 g/mol. The Balaban J connectivity index is 2.68. The van der Waals surface area contributed by atoms with E-state index in [1.807, 2.05) is 20.8 Å². The maximum absolute atomic E-state index is 11.8. The van der Waals surface area contributed by atoms with Crippen molar-refractivity contribution in [1.82, 2.24) is 0 Å². The number of carbonyl (C=O) groups excluding carboxylic acids is 1. The fraction of sp³-hybridized carbons (Fsp3) is 0.375. The van der Waals surface area contributed by atoms with Gasteiger partial charge in [-0.15, -0.1) is 5.73 Å². The molecular formula is C16H21NO5S. The third-order valence-corrected chi connectivity index (χ3v) is 3.18. The summed E-state index contributed by atoms with van der Waals surface area (Å²) >= 11 is -2.62. The minimum atomic E-state index is -2.62. The van der Waals surface area contributed by atoms with Gasteiger partial charge in [0.05, 0.1) is 0 Å². The number of carbonyl (C=O) groups is 1. The number of rotatable bonds is 8. The van der Waals surface area contributed by atoms with Gasteiger partial charge in [-0.3, -0.25) is 4.55 Å². The van der Waals surface area contributed by atoms with Crippen LogP contribution in [0.25, 0.3) is 0 Å². The molecule has 0 amide bonds. The topological polar surface area (TPSA) is 84.9 Å². The predicted molar refractivity (Wildman–Crippen MR) is 89.4 cm³/mol. The molecule has 126 valence electrons. The molecule has 0 heterocycles. The summed E-state index contributed by atoms with van der Waals surface area (Å²) < 4.78 is 29.1. The summed E-state index contributed by atoms with van der Waals surface area (Å²) in [6.07, 6.45) is 3.56. The van der Waals surface area contributed by atoms with E-state index in [0.717, 1.165) is 0 Å². The maximum atomic E-state index is 11.8. The van der Waals surface area contributed by atoms with Crippen LogP contribution in [0.2, 0.25) is 0 Å². The van der Waals surface area contributed by atoms with Crippen molar-refractivity contribution in [3.8, 4) is 5.75 Å². The quantitative estimate of drug-likeness (QED) is 0.559. The molecule has 6 nitrogen and oxygen atoms in total. The average molecular weight is 339 g/mol. The van der Waals surface area contributed by atoms with Gasteiger partial charge in [0, 0.05) is 5.69 Å². The molecule has 7 heteroatoms. The molecule has 0 aliphatic heterocycles. The lowest BCUT2D eigenvalue weighted by Gasteiger charge is -2.20. The van der Waals surface area contributed by atoms with Crippen molar-refractivity contribution >= 4 is 23.0 Å². The van der Waals surface area contributed by atoms with Crippen LogP contribution in [-0.4, -0.2) is 27.4 Å². The fourth-order valence-electron chi connectivity index (χ4n) is 1.75. The number of anilines is 1. The lowest BCUT2D eigenvalue weighted by Crippen LogP contribution is -2.36. The number of ether oxygens (including phenoxy) is 1. The summed E-state index contributed by atoms with van der Waals surface area (Å²) in [5.74, 6) is -0.213. The Morgan fingerprint density at radius 3 is 2.57 bits per heavy atom. The summed E-state index contributed by atoms with van der Waals surface area (Å²) in [5, 5.41) is 2.99. The molecule has 0 aliphatic rings. The van der Waals surface area contributed by atoms with Gasteiger partial charge >= 0.3 is 17.3 Å². The molecule has 0 saturated carbocycles. The molecule has 0 fully saturated rings. The predicted octanol–water partition coefficient (Wildman–Crippen LogP) is 2.91. The van der Waals surface area contributed by atoms with Gasteiger partial charge in [0.15, 0.2) is 0 Å². The molecule has 0 spiro atoms. The molecule has 1 aromatic carbocycles. The van der Waals surface area contributed by atoms with Crippen LogP contribution in [0.1, 0.15) is 20.8 Å². The van der Waals surface area contributed by atoms with E-state index in [-0.39, 0.29) is 5.92 Å². The van der Waals surface area contributed by atoms with Crippen LogP contribution in [0, 0.1) is 5.92 Å².